The van der Waals surface area contributed by atoms with Crippen molar-refractivity contribution < 1.29 is 9.53 Å². The molecule has 1 amide bonds. The summed E-state index contributed by atoms with van der Waals surface area (Å²) in [5.74, 6) is 0.296. The van der Waals surface area contributed by atoms with Gasteiger partial charge in [0.05, 0.1) is 13.2 Å². The molecule has 0 saturated carbocycles. The summed E-state index contributed by atoms with van der Waals surface area (Å²) in [5, 5.41) is 3.36. The van der Waals surface area contributed by atoms with Crippen molar-refractivity contribution in [3.05, 3.63) is 0 Å². The lowest BCUT2D eigenvalue weighted by Gasteiger charge is -2.26. The first kappa shape index (κ1) is 13.3. The molecule has 2 unspecified atom stereocenters. The maximum atomic E-state index is 12.3. The van der Waals surface area contributed by atoms with Gasteiger partial charge in [0.2, 0.25) is 5.91 Å². The molecule has 0 aromatic heterocycles. The number of nitrogens with one attached hydrogen (secondary N) is 1. The molecule has 3 fully saturated rings. The molecule has 0 aromatic rings. The van der Waals surface area contributed by atoms with Crippen molar-refractivity contribution in [2.75, 3.05) is 45.9 Å². The van der Waals surface area contributed by atoms with Crippen molar-refractivity contribution in [3.8, 4) is 0 Å². The number of carbonyl (C=O) groups is 1. The number of carbonyl (C=O) groups excluding carboxylic acids is 1. The minimum absolute atomic E-state index is 0.215. The first-order valence-electron chi connectivity index (χ1n) is 7.66. The van der Waals surface area contributed by atoms with Crippen LogP contribution in [-0.2, 0) is 9.53 Å². The van der Waals surface area contributed by atoms with Crippen LogP contribution in [0, 0.1) is 0 Å². The van der Waals surface area contributed by atoms with E-state index < -0.39 is 0 Å². The Morgan fingerprint density at radius 1 is 1.26 bits per heavy atom. The predicted octanol–water partition coefficient (Wildman–Crippen LogP) is 0.0616. The Balaban J connectivity index is 1.45. The van der Waals surface area contributed by atoms with Gasteiger partial charge in [0.15, 0.2) is 0 Å². The van der Waals surface area contributed by atoms with Gasteiger partial charge in [-0.2, -0.15) is 0 Å². The maximum Gasteiger partial charge on any atom is 0.224 e. The van der Waals surface area contributed by atoms with E-state index in [-0.39, 0.29) is 6.04 Å². The highest BCUT2D eigenvalue weighted by Gasteiger charge is 2.32. The van der Waals surface area contributed by atoms with E-state index in [1.807, 2.05) is 0 Å². The van der Waals surface area contributed by atoms with Crippen molar-refractivity contribution in [2.45, 2.75) is 37.8 Å². The highest BCUT2D eigenvalue weighted by atomic mass is 16.5. The van der Waals surface area contributed by atoms with Crippen molar-refractivity contribution in [1.82, 2.24) is 15.1 Å². The second-order valence-electron chi connectivity index (χ2n) is 5.96. The van der Waals surface area contributed by atoms with Crippen LogP contribution in [0.3, 0.4) is 0 Å². The van der Waals surface area contributed by atoms with Gasteiger partial charge in [-0.05, 0) is 32.4 Å². The average molecular weight is 267 g/mol. The fourth-order valence-corrected chi connectivity index (χ4v) is 3.46. The van der Waals surface area contributed by atoms with Gasteiger partial charge in [-0.15, -0.1) is 0 Å². The lowest BCUT2D eigenvalue weighted by atomic mass is 10.2. The highest BCUT2D eigenvalue weighted by molar-refractivity contribution is 5.77. The van der Waals surface area contributed by atoms with E-state index in [2.05, 4.69) is 15.1 Å². The number of hydrogen-bond donors (Lipinski definition) is 1. The Kier molecular flexibility index (Phi) is 4.35. The van der Waals surface area contributed by atoms with Crippen molar-refractivity contribution in [1.29, 1.82) is 0 Å². The molecule has 1 N–H and O–H groups in total. The molecule has 108 valence electrons. The van der Waals surface area contributed by atoms with Gasteiger partial charge in [0, 0.05) is 38.1 Å². The lowest BCUT2D eigenvalue weighted by molar-refractivity contribution is -0.131. The summed E-state index contributed by atoms with van der Waals surface area (Å²) in [6, 6.07) is 0.828. The van der Waals surface area contributed by atoms with Crippen molar-refractivity contribution in [3.63, 3.8) is 0 Å². The zero-order valence-corrected chi connectivity index (χ0v) is 11.6. The normalized spacial score (nSPS) is 32.9. The zero-order valence-electron chi connectivity index (χ0n) is 11.6. The number of likely N-dealkylation sites (tertiary alicyclic amines) is 2. The summed E-state index contributed by atoms with van der Waals surface area (Å²) < 4.78 is 5.41. The molecular weight excluding hydrogens is 242 g/mol. The maximum absolute atomic E-state index is 12.3. The van der Waals surface area contributed by atoms with E-state index >= 15 is 0 Å². The minimum atomic E-state index is 0.215. The molecule has 3 aliphatic rings. The first-order chi connectivity index (χ1) is 9.33. The molecule has 0 aliphatic carbocycles. The highest BCUT2D eigenvalue weighted by Crippen LogP contribution is 2.21. The molecule has 5 heteroatoms. The molecule has 3 aliphatic heterocycles. The standard InChI is InChI=1S/C14H25N3O2/c18-14(9-12-11-19-8-4-15-12)17-7-3-13(10-17)16-5-1-2-6-16/h12-13,15H,1-11H2. The second-order valence-corrected chi connectivity index (χ2v) is 5.96. The summed E-state index contributed by atoms with van der Waals surface area (Å²) in [5.41, 5.74) is 0. The fourth-order valence-electron chi connectivity index (χ4n) is 3.46. The van der Waals surface area contributed by atoms with Gasteiger partial charge in [-0.25, -0.2) is 0 Å². The Morgan fingerprint density at radius 2 is 2.11 bits per heavy atom. The first-order valence-corrected chi connectivity index (χ1v) is 7.66. The molecule has 3 saturated heterocycles. The Labute approximate surface area is 115 Å². The van der Waals surface area contributed by atoms with Crippen molar-refractivity contribution in [2.24, 2.45) is 0 Å². The van der Waals surface area contributed by atoms with Gasteiger partial charge in [-0.3, -0.25) is 9.69 Å². The Bertz CT molecular complexity index is 312. The van der Waals surface area contributed by atoms with Gasteiger partial charge < -0.3 is 15.0 Å². The van der Waals surface area contributed by atoms with Gasteiger partial charge in [0.1, 0.15) is 0 Å². The lowest BCUT2D eigenvalue weighted by Crippen LogP contribution is -2.45. The van der Waals surface area contributed by atoms with E-state index in [0.29, 0.717) is 25.0 Å². The molecular formula is C14H25N3O2. The number of hydrogen-bond acceptors (Lipinski definition) is 4. The van der Waals surface area contributed by atoms with Crippen LogP contribution in [0.2, 0.25) is 0 Å². The van der Waals surface area contributed by atoms with Crippen LogP contribution in [0.25, 0.3) is 0 Å². The van der Waals surface area contributed by atoms with E-state index in [9.17, 15) is 4.79 Å². The van der Waals surface area contributed by atoms with Gasteiger partial charge >= 0.3 is 0 Å². The SMILES string of the molecule is O=C(CC1COCCN1)N1CCC(N2CCCC2)C1. The third kappa shape index (κ3) is 3.27. The molecule has 0 bridgehead atoms. The number of nitrogens with zero attached hydrogens (tertiary/aromatic N) is 2. The van der Waals surface area contributed by atoms with E-state index in [1.165, 1.54) is 25.9 Å². The van der Waals surface area contributed by atoms with Crippen molar-refractivity contribution >= 4 is 5.91 Å². The molecule has 3 rings (SSSR count). The molecule has 0 spiro atoms. The monoisotopic (exact) mass is 267 g/mol. The van der Waals surface area contributed by atoms with Crippen LogP contribution in [0.4, 0.5) is 0 Å². The predicted molar refractivity (Wildman–Crippen MR) is 73.0 cm³/mol. The van der Waals surface area contributed by atoms with Crippen LogP contribution in [-0.4, -0.2) is 73.7 Å². The molecule has 2 atom stereocenters. The Hall–Kier alpha value is -0.650. The van der Waals surface area contributed by atoms with Crippen LogP contribution < -0.4 is 5.32 Å². The number of morpholine rings is 1. The summed E-state index contributed by atoms with van der Waals surface area (Å²) >= 11 is 0. The third-order valence-electron chi connectivity index (χ3n) is 4.59. The van der Waals surface area contributed by atoms with Gasteiger partial charge in [-0.1, -0.05) is 0 Å². The minimum Gasteiger partial charge on any atom is -0.378 e. The van der Waals surface area contributed by atoms with Crippen LogP contribution in [0.15, 0.2) is 0 Å². The Morgan fingerprint density at radius 3 is 2.84 bits per heavy atom. The molecule has 3 heterocycles. The largest absolute Gasteiger partial charge is 0.378 e. The third-order valence-corrected chi connectivity index (χ3v) is 4.59. The number of ether oxygens (including phenoxy) is 1. The quantitative estimate of drug-likeness (QED) is 0.785. The van der Waals surface area contributed by atoms with E-state index in [4.69, 9.17) is 4.74 Å². The summed E-state index contributed by atoms with van der Waals surface area (Å²) in [6.45, 7) is 6.64. The fraction of sp³-hybridized carbons (Fsp3) is 0.929. The topological polar surface area (TPSA) is 44.8 Å². The molecule has 19 heavy (non-hydrogen) atoms. The van der Waals surface area contributed by atoms with E-state index in [1.54, 1.807) is 0 Å². The number of rotatable bonds is 3. The molecule has 5 nitrogen and oxygen atoms in total. The summed E-state index contributed by atoms with van der Waals surface area (Å²) in [4.78, 5) is 16.9. The average Bonchev–Trinajstić information content (AvgIpc) is 3.11. The molecule has 0 aromatic carbocycles. The summed E-state index contributed by atoms with van der Waals surface area (Å²) in [6.07, 6.45) is 4.40. The van der Waals surface area contributed by atoms with Gasteiger partial charge in [0.25, 0.3) is 0 Å². The zero-order chi connectivity index (χ0) is 13.1. The number of amides is 1. The smallest absolute Gasteiger partial charge is 0.224 e. The van der Waals surface area contributed by atoms with Crippen LogP contribution >= 0.6 is 0 Å². The summed E-state index contributed by atoms with van der Waals surface area (Å²) in [7, 11) is 0. The molecule has 0 radical (unpaired) electrons. The van der Waals surface area contributed by atoms with Crippen LogP contribution in [0.5, 0.6) is 0 Å². The van der Waals surface area contributed by atoms with E-state index in [0.717, 1.165) is 32.7 Å². The van der Waals surface area contributed by atoms with Crippen LogP contribution in [0.1, 0.15) is 25.7 Å². The second kappa shape index (κ2) is 6.20.